The van der Waals surface area contributed by atoms with Crippen molar-refractivity contribution in [3.63, 3.8) is 0 Å². The highest BCUT2D eigenvalue weighted by Gasteiger charge is 2.31. The summed E-state index contributed by atoms with van der Waals surface area (Å²) in [5.41, 5.74) is 0.147. The van der Waals surface area contributed by atoms with Crippen LogP contribution in [0.15, 0.2) is 24.3 Å². The van der Waals surface area contributed by atoms with Crippen LogP contribution in [0.5, 0.6) is 0 Å². The summed E-state index contributed by atoms with van der Waals surface area (Å²) in [7, 11) is 0. The first kappa shape index (κ1) is 15.1. The van der Waals surface area contributed by atoms with Crippen LogP contribution in [0, 0.1) is 0 Å². The van der Waals surface area contributed by atoms with Gasteiger partial charge < -0.3 is 15.7 Å². The number of aliphatic hydroxyl groups is 1. The second kappa shape index (κ2) is 6.46. The summed E-state index contributed by atoms with van der Waals surface area (Å²) in [6.45, 7) is 2.18. The minimum atomic E-state index is -0.731. The smallest absolute Gasteiger partial charge is 0.315 e. The molecule has 0 saturated heterocycles. The summed E-state index contributed by atoms with van der Waals surface area (Å²) >= 11 is 6.09. The summed E-state index contributed by atoms with van der Waals surface area (Å²) in [6.07, 6.45) is 3.56. The maximum Gasteiger partial charge on any atom is 0.315 e. The van der Waals surface area contributed by atoms with E-state index in [1.807, 2.05) is 25.1 Å². The number of carbonyl (C=O) groups is 1. The Labute approximate surface area is 124 Å². The number of carbonyl (C=O) groups excluding carboxylic acids is 1. The first-order chi connectivity index (χ1) is 9.50. The lowest BCUT2D eigenvalue weighted by Crippen LogP contribution is -2.45. The van der Waals surface area contributed by atoms with E-state index in [1.54, 1.807) is 6.07 Å². The van der Waals surface area contributed by atoms with Gasteiger partial charge in [-0.25, -0.2) is 4.79 Å². The van der Waals surface area contributed by atoms with E-state index in [4.69, 9.17) is 11.6 Å². The number of hydrogen-bond donors (Lipinski definition) is 3. The maximum atomic E-state index is 11.9. The molecule has 0 heterocycles. The quantitative estimate of drug-likeness (QED) is 0.800. The standard InChI is InChI=1S/C15H21ClN2O2/c1-11(12-6-2-3-7-13(12)16)18-14(19)17-10-15(20)8-4-5-9-15/h2-3,6-7,11,20H,4-5,8-10H2,1H3,(H2,17,18,19). The number of halogens is 1. The zero-order valence-corrected chi connectivity index (χ0v) is 12.4. The zero-order chi connectivity index (χ0) is 14.6. The summed E-state index contributed by atoms with van der Waals surface area (Å²) in [4.78, 5) is 11.9. The molecule has 1 aliphatic rings. The van der Waals surface area contributed by atoms with Crippen molar-refractivity contribution >= 4 is 17.6 Å². The number of rotatable bonds is 4. The lowest BCUT2D eigenvalue weighted by Gasteiger charge is -2.23. The van der Waals surface area contributed by atoms with Crippen molar-refractivity contribution in [2.75, 3.05) is 6.54 Å². The largest absolute Gasteiger partial charge is 0.388 e. The van der Waals surface area contributed by atoms with Crippen LogP contribution >= 0.6 is 11.6 Å². The van der Waals surface area contributed by atoms with Crippen LogP contribution in [0.1, 0.15) is 44.2 Å². The van der Waals surface area contributed by atoms with Crippen LogP contribution < -0.4 is 10.6 Å². The molecule has 20 heavy (non-hydrogen) atoms. The van der Waals surface area contributed by atoms with Crippen molar-refractivity contribution in [2.24, 2.45) is 0 Å². The van der Waals surface area contributed by atoms with Gasteiger partial charge in [-0.3, -0.25) is 0 Å². The Bertz CT molecular complexity index is 473. The lowest BCUT2D eigenvalue weighted by atomic mass is 10.0. The van der Waals surface area contributed by atoms with Gasteiger partial charge in [0.05, 0.1) is 11.6 Å². The fraction of sp³-hybridized carbons (Fsp3) is 0.533. The van der Waals surface area contributed by atoms with Gasteiger partial charge in [0.1, 0.15) is 0 Å². The molecule has 1 aromatic rings. The second-order valence-corrected chi connectivity index (χ2v) is 5.91. The van der Waals surface area contributed by atoms with Gasteiger partial charge in [-0.2, -0.15) is 0 Å². The van der Waals surface area contributed by atoms with Crippen LogP contribution in [-0.2, 0) is 0 Å². The molecule has 110 valence electrons. The first-order valence-electron chi connectivity index (χ1n) is 7.01. The van der Waals surface area contributed by atoms with Gasteiger partial charge in [-0.1, -0.05) is 42.6 Å². The van der Waals surface area contributed by atoms with E-state index in [-0.39, 0.29) is 12.1 Å². The summed E-state index contributed by atoms with van der Waals surface area (Å²) < 4.78 is 0. The zero-order valence-electron chi connectivity index (χ0n) is 11.7. The SMILES string of the molecule is CC(NC(=O)NCC1(O)CCCC1)c1ccccc1Cl. The van der Waals surface area contributed by atoms with E-state index in [0.29, 0.717) is 11.6 Å². The Hall–Kier alpha value is -1.26. The average molecular weight is 297 g/mol. The molecule has 1 aromatic carbocycles. The van der Waals surface area contributed by atoms with Crippen molar-refractivity contribution < 1.29 is 9.90 Å². The molecule has 2 rings (SSSR count). The van der Waals surface area contributed by atoms with Gasteiger partial charge in [-0.05, 0) is 31.4 Å². The average Bonchev–Trinajstić information content (AvgIpc) is 2.84. The van der Waals surface area contributed by atoms with Crippen LogP contribution in [0.25, 0.3) is 0 Å². The second-order valence-electron chi connectivity index (χ2n) is 5.50. The Balaban J connectivity index is 1.84. The van der Waals surface area contributed by atoms with Crippen molar-refractivity contribution in [1.29, 1.82) is 0 Å². The summed E-state index contributed by atoms with van der Waals surface area (Å²) in [5.74, 6) is 0. The Morgan fingerprint density at radius 2 is 2.05 bits per heavy atom. The van der Waals surface area contributed by atoms with E-state index >= 15 is 0 Å². The molecule has 1 unspecified atom stereocenters. The monoisotopic (exact) mass is 296 g/mol. The fourth-order valence-corrected chi connectivity index (χ4v) is 2.91. The third-order valence-electron chi connectivity index (χ3n) is 3.83. The van der Waals surface area contributed by atoms with Crippen LogP contribution in [0.4, 0.5) is 4.79 Å². The number of urea groups is 1. The van der Waals surface area contributed by atoms with Crippen molar-refractivity contribution in [1.82, 2.24) is 10.6 Å². The predicted octanol–water partition coefficient (Wildman–Crippen LogP) is 3.01. The van der Waals surface area contributed by atoms with Gasteiger partial charge in [0.25, 0.3) is 0 Å². The minimum absolute atomic E-state index is 0.179. The van der Waals surface area contributed by atoms with Crippen LogP contribution in [0.3, 0.4) is 0 Å². The van der Waals surface area contributed by atoms with Crippen LogP contribution in [-0.4, -0.2) is 23.3 Å². The van der Waals surface area contributed by atoms with E-state index in [1.165, 1.54) is 0 Å². The fourth-order valence-electron chi connectivity index (χ4n) is 2.61. The lowest BCUT2D eigenvalue weighted by molar-refractivity contribution is 0.0500. The third-order valence-corrected chi connectivity index (χ3v) is 4.18. The number of benzene rings is 1. The first-order valence-corrected chi connectivity index (χ1v) is 7.39. The van der Waals surface area contributed by atoms with Gasteiger partial charge in [0.2, 0.25) is 0 Å². The third kappa shape index (κ3) is 3.87. The summed E-state index contributed by atoms with van der Waals surface area (Å²) in [5, 5.41) is 16.4. The number of amides is 2. The molecule has 1 aliphatic carbocycles. The molecule has 0 aliphatic heterocycles. The maximum absolute atomic E-state index is 11.9. The van der Waals surface area contributed by atoms with E-state index in [2.05, 4.69) is 10.6 Å². The van der Waals surface area contributed by atoms with Gasteiger partial charge in [-0.15, -0.1) is 0 Å². The molecule has 0 bridgehead atoms. The minimum Gasteiger partial charge on any atom is -0.388 e. The van der Waals surface area contributed by atoms with Gasteiger partial charge in [0.15, 0.2) is 0 Å². The van der Waals surface area contributed by atoms with Gasteiger partial charge in [0, 0.05) is 11.6 Å². The molecule has 2 amide bonds. The highest BCUT2D eigenvalue weighted by Crippen LogP contribution is 2.28. The molecule has 1 fully saturated rings. The van der Waals surface area contributed by atoms with Crippen LogP contribution in [0.2, 0.25) is 5.02 Å². The molecule has 1 atom stereocenters. The van der Waals surface area contributed by atoms with Crippen molar-refractivity contribution in [3.8, 4) is 0 Å². The predicted molar refractivity (Wildman–Crippen MR) is 79.8 cm³/mol. The van der Waals surface area contributed by atoms with Gasteiger partial charge >= 0.3 is 6.03 Å². The molecule has 0 radical (unpaired) electrons. The topological polar surface area (TPSA) is 61.4 Å². The van der Waals surface area contributed by atoms with Crippen molar-refractivity contribution in [2.45, 2.75) is 44.2 Å². The number of hydrogen-bond acceptors (Lipinski definition) is 2. The summed E-state index contributed by atoms with van der Waals surface area (Å²) in [6, 6.07) is 6.97. The van der Waals surface area contributed by atoms with E-state index in [9.17, 15) is 9.90 Å². The Morgan fingerprint density at radius 3 is 2.70 bits per heavy atom. The molecule has 0 spiro atoms. The Morgan fingerprint density at radius 1 is 1.40 bits per heavy atom. The molecular formula is C15H21ClN2O2. The van der Waals surface area contributed by atoms with Crippen molar-refractivity contribution in [3.05, 3.63) is 34.9 Å². The highest BCUT2D eigenvalue weighted by molar-refractivity contribution is 6.31. The normalized spacial score (nSPS) is 18.6. The highest BCUT2D eigenvalue weighted by atomic mass is 35.5. The molecule has 1 saturated carbocycles. The molecule has 4 nitrogen and oxygen atoms in total. The number of nitrogens with one attached hydrogen (secondary N) is 2. The molecule has 0 aromatic heterocycles. The molecular weight excluding hydrogens is 276 g/mol. The molecule has 3 N–H and O–H groups in total. The van der Waals surface area contributed by atoms with E-state index in [0.717, 1.165) is 31.2 Å². The Kier molecular flexibility index (Phi) is 4.89. The molecule has 5 heteroatoms. The van der Waals surface area contributed by atoms with E-state index < -0.39 is 5.60 Å².